The minimum atomic E-state index is -2.75. The number of rotatable bonds is 3. The Morgan fingerprint density at radius 2 is 1.83 bits per heavy atom. The maximum atomic E-state index is 6.96. The number of furan rings is 1. The summed E-state index contributed by atoms with van der Waals surface area (Å²) < 4.78 is 26.3. The Balaban J connectivity index is 1.66. The van der Waals surface area contributed by atoms with Crippen molar-refractivity contribution in [3.05, 3.63) is 71.7 Å². The van der Waals surface area contributed by atoms with E-state index in [1.54, 1.807) is 6.26 Å². The van der Waals surface area contributed by atoms with Crippen LogP contribution in [-0.2, 0) is 14.7 Å². The number of hydrogen-bond acceptors (Lipinski definition) is 6. The summed E-state index contributed by atoms with van der Waals surface area (Å²) in [7, 11) is -0.580. The molecule has 7 nitrogen and oxygen atoms in total. The number of aryl methyl sites for hydroxylation is 1. The molecule has 0 aliphatic carbocycles. The van der Waals surface area contributed by atoms with Gasteiger partial charge in [0.05, 0.1) is 36.2 Å². The molecule has 36 heavy (non-hydrogen) atoms. The van der Waals surface area contributed by atoms with Crippen molar-refractivity contribution >= 4 is 35.7 Å². The summed E-state index contributed by atoms with van der Waals surface area (Å²) in [4.78, 5) is 7.36. The van der Waals surface area contributed by atoms with Crippen molar-refractivity contribution in [1.29, 1.82) is 0 Å². The fraction of sp³-hybridized carbons (Fsp3) is 0.393. The Labute approximate surface area is 212 Å². The topological polar surface area (TPSA) is 62.8 Å². The van der Waals surface area contributed by atoms with Gasteiger partial charge in [0, 0.05) is 37.3 Å². The van der Waals surface area contributed by atoms with Gasteiger partial charge in [-0.05, 0) is 55.8 Å². The van der Waals surface area contributed by atoms with Crippen LogP contribution < -0.4 is 10.2 Å². The monoisotopic (exact) mass is 504 g/mol. The number of benzene rings is 2. The van der Waals surface area contributed by atoms with Crippen LogP contribution >= 0.6 is 7.43 Å². The van der Waals surface area contributed by atoms with Gasteiger partial charge in [0.15, 0.2) is 5.76 Å². The van der Waals surface area contributed by atoms with Gasteiger partial charge in [0.25, 0.3) is 5.90 Å². The SMILES string of the molecule is Cc1ccc(N=[P@]2(N3CCOCC3)OC(c3ccco3)=Nc3cc4c(cc32)C(C)(C)[C@H](C)N4C)cc1. The van der Waals surface area contributed by atoms with Crippen molar-refractivity contribution in [1.82, 2.24) is 4.67 Å². The number of aliphatic imine (C=N–C) groups is 1. The van der Waals surface area contributed by atoms with E-state index < -0.39 is 7.43 Å². The average Bonchev–Trinajstić information content (AvgIpc) is 3.48. The lowest BCUT2D eigenvalue weighted by atomic mass is 9.81. The standard InChI is InChI=1S/C28H33N4O3P/c1-19-8-10-21(11-9-19)30-36(32-12-15-33-16-13-32)26-17-22-24(31(5)20(2)28(22,3)4)18-23(26)29-27(35-36)25-7-6-14-34-25/h6-11,14,17-18,20H,12-13,15-16H2,1-5H3/t20-,36+/m0/s1. The number of likely N-dealkylation sites (N-methyl/N-ethyl adjacent to an activating group) is 1. The molecule has 6 rings (SSSR count). The van der Waals surface area contributed by atoms with E-state index in [1.807, 2.05) is 12.1 Å². The number of morpholine rings is 1. The highest BCUT2D eigenvalue weighted by atomic mass is 31.2. The lowest BCUT2D eigenvalue weighted by Gasteiger charge is -2.40. The Morgan fingerprint density at radius 1 is 1.08 bits per heavy atom. The second kappa shape index (κ2) is 8.62. The van der Waals surface area contributed by atoms with Crippen molar-refractivity contribution in [3.8, 4) is 0 Å². The summed E-state index contributed by atoms with van der Waals surface area (Å²) in [5.41, 5.74) is 5.51. The molecule has 0 amide bonds. The molecule has 4 heterocycles. The van der Waals surface area contributed by atoms with E-state index in [2.05, 4.69) is 80.7 Å². The zero-order valence-electron chi connectivity index (χ0n) is 21.6. The molecule has 0 radical (unpaired) electrons. The number of anilines is 1. The number of fused-ring (bicyclic) bond motifs is 2. The van der Waals surface area contributed by atoms with E-state index >= 15 is 0 Å². The van der Waals surface area contributed by atoms with E-state index in [1.165, 1.54) is 16.8 Å². The number of nitrogens with zero attached hydrogens (tertiary/aromatic N) is 4. The van der Waals surface area contributed by atoms with E-state index in [4.69, 9.17) is 23.4 Å². The number of hydrogen-bond donors (Lipinski definition) is 0. The Morgan fingerprint density at radius 3 is 2.53 bits per heavy atom. The second-order valence-corrected chi connectivity index (χ2v) is 12.9. The molecule has 1 fully saturated rings. The highest BCUT2D eigenvalue weighted by molar-refractivity contribution is 7.68. The minimum Gasteiger partial charge on any atom is -0.459 e. The summed E-state index contributed by atoms with van der Waals surface area (Å²) >= 11 is 0. The smallest absolute Gasteiger partial charge is 0.263 e. The first-order valence-electron chi connectivity index (χ1n) is 12.6. The third kappa shape index (κ3) is 3.64. The molecule has 0 N–H and O–H groups in total. The minimum absolute atomic E-state index is 0.0192. The predicted molar refractivity (Wildman–Crippen MR) is 146 cm³/mol. The normalized spacial score (nSPS) is 25.1. The fourth-order valence-corrected chi connectivity index (χ4v) is 8.38. The van der Waals surface area contributed by atoms with Crippen molar-refractivity contribution < 1.29 is 13.7 Å². The van der Waals surface area contributed by atoms with Crippen LogP contribution in [0.4, 0.5) is 17.1 Å². The van der Waals surface area contributed by atoms with Gasteiger partial charge in [-0.3, -0.25) is 0 Å². The molecule has 8 heteroatoms. The van der Waals surface area contributed by atoms with Gasteiger partial charge >= 0.3 is 0 Å². The third-order valence-electron chi connectivity index (χ3n) is 7.93. The molecule has 188 valence electrons. The molecule has 2 aromatic carbocycles. The maximum absolute atomic E-state index is 6.96. The van der Waals surface area contributed by atoms with Crippen LogP contribution in [0.3, 0.4) is 0 Å². The summed E-state index contributed by atoms with van der Waals surface area (Å²) in [6.45, 7) is 11.8. The van der Waals surface area contributed by atoms with E-state index in [0.29, 0.717) is 30.9 Å². The van der Waals surface area contributed by atoms with Gasteiger partial charge in [-0.1, -0.05) is 31.5 Å². The Bertz CT molecular complexity index is 1370. The molecular weight excluding hydrogens is 471 g/mol. The van der Waals surface area contributed by atoms with Crippen LogP contribution in [0.15, 0.2) is 68.9 Å². The molecule has 0 unspecified atom stereocenters. The van der Waals surface area contributed by atoms with Crippen molar-refractivity contribution in [2.45, 2.75) is 39.2 Å². The molecule has 0 spiro atoms. The van der Waals surface area contributed by atoms with Crippen molar-refractivity contribution in [2.75, 3.05) is 38.3 Å². The van der Waals surface area contributed by atoms with E-state index in [9.17, 15) is 0 Å². The van der Waals surface area contributed by atoms with Crippen LogP contribution in [0.1, 0.15) is 37.7 Å². The Kier molecular flexibility index (Phi) is 5.63. The zero-order valence-corrected chi connectivity index (χ0v) is 22.5. The molecule has 0 bridgehead atoms. The molecule has 2 atom stereocenters. The molecule has 1 saturated heterocycles. The highest BCUT2D eigenvalue weighted by Crippen LogP contribution is 2.61. The van der Waals surface area contributed by atoms with Crippen molar-refractivity contribution in [2.24, 2.45) is 9.74 Å². The van der Waals surface area contributed by atoms with Gasteiger partial charge < -0.3 is 18.6 Å². The van der Waals surface area contributed by atoms with Crippen LogP contribution in [0.25, 0.3) is 0 Å². The first-order valence-corrected chi connectivity index (χ1v) is 14.2. The van der Waals surface area contributed by atoms with E-state index in [-0.39, 0.29) is 5.41 Å². The van der Waals surface area contributed by atoms with Crippen LogP contribution in [0.5, 0.6) is 0 Å². The molecular formula is C28H33N4O3P. The van der Waals surface area contributed by atoms with Crippen molar-refractivity contribution in [3.63, 3.8) is 0 Å². The highest BCUT2D eigenvalue weighted by Gasteiger charge is 2.46. The number of ether oxygens (including phenoxy) is 1. The third-order valence-corrected chi connectivity index (χ3v) is 11.0. The van der Waals surface area contributed by atoms with Gasteiger partial charge in [-0.2, -0.15) is 0 Å². The van der Waals surface area contributed by atoms with Crippen LogP contribution in [0.2, 0.25) is 0 Å². The fourth-order valence-electron chi connectivity index (χ4n) is 5.35. The predicted octanol–water partition coefficient (Wildman–Crippen LogP) is 6.13. The quantitative estimate of drug-likeness (QED) is 0.402. The summed E-state index contributed by atoms with van der Waals surface area (Å²) in [6.07, 6.45) is 1.66. The molecule has 1 aromatic heterocycles. The van der Waals surface area contributed by atoms with Crippen LogP contribution in [0, 0.1) is 6.92 Å². The van der Waals surface area contributed by atoms with Gasteiger partial charge in [0.1, 0.15) is 0 Å². The van der Waals surface area contributed by atoms with Gasteiger partial charge in [-0.15, -0.1) is 0 Å². The molecule has 0 saturated carbocycles. The molecule has 3 aromatic rings. The summed E-state index contributed by atoms with van der Waals surface area (Å²) in [5, 5.41) is 1.06. The van der Waals surface area contributed by atoms with E-state index in [0.717, 1.165) is 29.8 Å². The van der Waals surface area contributed by atoms with Gasteiger partial charge in [0.2, 0.25) is 7.43 Å². The second-order valence-electron chi connectivity index (χ2n) is 10.4. The lowest BCUT2D eigenvalue weighted by molar-refractivity contribution is 0.0716. The summed E-state index contributed by atoms with van der Waals surface area (Å²) in [6, 6.07) is 17.0. The lowest BCUT2D eigenvalue weighted by Crippen LogP contribution is -2.39. The Hall–Kier alpha value is -2.86. The molecule has 3 aliphatic heterocycles. The largest absolute Gasteiger partial charge is 0.459 e. The first kappa shape index (κ1) is 23.5. The molecule has 3 aliphatic rings. The average molecular weight is 505 g/mol. The van der Waals surface area contributed by atoms with Crippen LogP contribution in [-0.4, -0.2) is 50.0 Å². The maximum Gasteiger partial charge on any atom is 0.263 e. The van der Waals surface area contributed by atoms with Gasteiger partial charge in [-0.25, -0.2) is 14.4 Å². The zero-order chi connectivity index (χ0) is 25.1. The first-order chi connectivity index (χ1) is 17.3. The summed E-state index contributed by atoms with van der Waals surface area (Å²) in [5.74, 6) is 1.09.